The Balaban J connectivity index is 1.22. The number of hydrogen-bond acceptors (Lipinski definition) is 4. The third kappa shape index (κ3) is 2.88. The fourth-order valence-corrected chi connectivity index (χ4v) is 5.45. The van der Waals surface area contributed by atoms with Gasteiger partial charge in [0, 0.05) is 35.7 Å². The van der Waals surface area contributed by atoms with Gasteiger partial charge < -0.3 is 19.2 Å². The normalized spacial score (nSPS) is 18.8. The van der Waals surface area contributed by atoms with Crippen LogP contribution in [0.5, 0.6) is 17.2 Å². The molecule has 1 N–H and O–H groups in total. The predicted octanol–water partition coefficient (Wildman–Crippen LogP) is 5.13. The predicted molar refractivity (Wildman–Crippen MR) is 122 cm³/mol. The molecule has 5 heteroatoms. The highest BCUT2D eigenvalue weighted by Crippen LogP contribution is 2.45. The van der Waals surface area contributed by atoms with Crippen LogP contribution in [0, 0.1) is 0 Å². The van der Waals surface area contributed by atoms with Crippen LogP contribution in [0.25, 0.3) is 10.9 Å². The maximum absolute atomic E-state index is 6.12. The summed E-state index contributed by atoms with van der Waals surface area (Å²) in [6, 6.07) is 21.5. The van der Waals surface area contributed by atoms with Gasteiger partial charge >= 0.3 is 0 Å². The average molecular weight is 425 g/mol. The van der Waals surface area contributed by atoms with Crippen molar-refractivity contribution < 1.29 is 14.2 Å². The van der Waals surface area contributed by atoms with Crippen LogP contribution < -0.4 is 14.2 Å². The van der Waals surface area contributed by atoms with Crippen molar-refractivity contribution in [1.29, 1.82) is 0 Å². The van der Waals surface area contributed by atoms with E-state index in [0.29, 0.717) is 19.4 Å². The van der Waals surface area contributed by atoms with Crippen molar-refractivity contribution in [2.75, 3.05) is 13.3 Å². The van der Waals surface area contributed by atoms with Crippen LogP contribution in [0.2, 0.25) is 0 Å². The first-order chi connectivity index (χ1) is 15.8. The summed E-state index contributed by atoms with van der Waals surface area (Å²) in [6.07, 6.45) is 2.04. The molecule has 3 aromatic carbocycles. The minimum Gasteiger partial charge on any atom is -0.489 e. The molecule has 0 spiro atoms. The number of nitrogens with one attached hydrogen (secondary N) is 1. The first-order valence-corrected chi connectivity index (χ1v) is 11.3. The molecule has 1 aromatic heterocycles. The highest BCUT2D eigenvalue weighted by molar-refractivity contribution is 5.86. The van der Waals surface area contributed by atoms with Crippen LogP contribution in [0.15, 0.2) is 60.7 Å². The standard InChI is InChI=1S/C27H24N2O3/c1-2-4-17(5-3-1)15-30-19-6-7-23-21(11-19)22-12-25-20-13-27-26(31-16-32-27)10-18(20)8-9-29(25)14-24(22)28-23/h1-7,10-11,13,25,28H,8-9,12,14-16H2/t25-/m1/s1. The van der Waals surface area contributed by atoms with Crippen LogP contribution in [0.1, 0.15) is 34.0 Å². The molecule has 0 saturated carbocycles. The topological polar surface area (TPSA) is 46.7 Å². The molecule has 160 valence electrons. The number of aromatic nitrogens is 1. The van der Waals surface area contributed by atoms with Gasteiger partial charge in [0.2, 0.25) is 6.79 Å². The maximum atomic E-state index is 6.12. The van der Waals surface area contributed by atoms with E-state index in [9.17, 15) is 0 Å². The van der Waals surface area contributed by atoms with E-state index in [1.165, 1.54) is 38.9 Å². The number of nitrogens with zero attached hydrogens (tertiary/aromatic N) is 1. The van der Waals surface area contributed by atoms with E-state index in [2.05, 4.69) is 52.3 Å². The summed E-state index contributed by atoms with van der Waals surface area (Å²) < 4.78 is 17.4. The molecular weight excluding hydrogens is 400 g/mol. The lowest BCUT2D eigenvalue weighted by atomic mass is 9.85. The van der Waals surface area contributed by atoms with Crippen LogP contribution in [0.3, 0.4) is 0 Å². The molecule has 0 amide bonds. The van der Waals surface area contributed by atoms with E-state index < -0.39 is 0 Å². The van der Waals surface area contributed by atoms with Gasteiger partial charge in [0.25, 0.3) is 0 Å². The minimum absolute atomic E-state index is 0.324. The molecule has 0 saturated heterocycles. The van der Waals surface area contributed by atoms with Crippen molar-refractivity contribution in [3.05, 3.63) is 88.6 Å². The third-order valence-corrected chi connectivity index (χ3v) is 7.08. The van der Waals surface area contributed by atoms with Gasteiger partial charge in [-0.3, -0.25) is 4.90 Å². The lowest BCUT2D eigenvalue weighted by Crippen LogP contribution is -2.39. The zero-order chi connectivity index (χ0) is 21.1. The van der Waals surface area contributed by atoms with E-state index in [1.807, 2.05) is 18.2 Å². The van der Waals surface area contributed by atoms with Crippen LogP contribution in [-0.4, -0.2) is 23.2 Å². The fourth-order valence-electron chi connectivity index (χ4n) is 5.45. The van der Waals surface area contributed by atoms with Crippen LogP contribution >= 0.6 is 0 Å². The van der Waals surface area contributed by atoms with E-state index in [4.69, 9.17) is 14.2 Å². The number of ether oxygens (including phenoxy) is 3. The third-order valence-electron chi connectivity index (χ3n) is 7.08. The van der Waals surface area contributed by atoms with Crippen molar-refractivity contribution in [3.8, 4) is 17.2 Å². The molecule has 0 bridgehead atoms. The summed E-state index contributed by atoms with van der Waals surface area (Å²) in [5, 5.41) is 1.28. The molecule has 5 nitrogen and oxygen atoms in total. The summed E-state index contributed by atoms with van der Waals surface area (Å²) in [7, 11) is 0. The van der Waals surface area contributed by atoms with Gasteiger partial charge in [0.1, 0.15) is 12.4 Å². The molecule has 7 rings (SSSR count). The lowest BCUT2D eigenvalue weighted by Gasteiger charge is -2.40. The highest BCUT2D eigenvalue weighted by atomic mass is 16.7. The van der Waals surface area contributed by atoms with Crippen molar-refractivity contribution in [2.45, 2.75) is 32.0 Å². The van der Waals surface area contributed by atoms with Gasteiger partial charge in [0.05, 0.1) is 0 Å². The van der Waals surface area contributed by atoms with Crippen molar-refractivity contribution in [3.63, 3.8) is 0 Å². The summed E-state index contributed by atoms with van der Waals surface area (Å²) >= 11 is 0. The van der Waals surface area contributed by atoms with E-state index in [-0.39, 0.29) is 0 Å². The first kappa shape index (κ1) is 18.2. The van der Waals surface area contributed by atoms with Crippen LogP contribution in [-0.2, 0) is 26.0 Å². The molecule has 0 unspecified atom stereocenters. The molecule has 32 heavy (non-hydrogen) atoms. The largest absolute Gasteiger partial charge is 0.489 e. The van der Waals surface area contributed by atoms with E-state index in [1.54, 1.807) is 0 Å². The monoisotopic (exact) mass is 424 g/mol. The van der Waals surface area contributed by atoms with Crippen molar-refractivity contribution >= 4 is 10.9 Å². The molecule has 4 heterocycles. The Morgan fingerprint density at radius 3 is 2.78 bits per heavy atom. The van der Waals surface area contributed by atoms with Gasteiger partial charge in [-0.25, -0.2) is 0 Å². The Hall–Kier alpha value is -3.44. The molecule has 1 atom stereocenters. The van der Waals surface area contributed by atoms with Crippen LogP contribution in [0.4, 0.5) is 0 Å². The number of rotatable bonds is 3. The number of aromatic amines is 1. The zero-order valence-corrected chi connectivity index (χ0v) is 17.8. The highest BCUT2D eigenvalue weighted by Gasteiger charge is 2.35. The Morgan fingerprint density at radius 2 is 1.88 bits per heavy atom. The van der Waals surface area contributed by atoms with E-state index in [0.717, 1.165) is 43.2 Å². The SMILES string of the molecule is c1ccc(COc2ccc3[nH]c4c(c3c2)C[C@@H]2c3cc5c(cc3CCN2C4)OCO5)cc1. The van der Waals surface area contributed by atoms with E-state index >= 15 is 0 Å². The molecule has 3 aliphatic heterocycles. The second-order valence-corrected chi connectivity index (χ2v) is 8.91. The summed E-state index contributed by atoms with van der Waals surface area (Å²) in [4.78, 5) is 6.27. The molecule has 0 radical (unpaired) electrons. The molecule has 0 fully saturated rings. The zero-order valence-electron chi connectivity index (χ0n) is 17.8. The van der Waals surface area contributed by atoms with Gasteiger partial charge in [0.15, 0.2) is 11.5 Å². The summed E-state index contributed by atoms with van der Waals surface area (Å²) in [5.41, 5.74) is 7.89. The number of H-pyrrole nitrogens is 1. The Labute approximate surface area is 186 Å². The minimum atomic E-state index is 0.324. The Morgan fingerprint density at radius 1 is 1.00 bits per heavy atom. The maximum Gasteiger partial charge on any atom is 0.231 e. The fraction of sp³-hybridized carbons (Fsp3) is 0.259. The van der Waals surface area contributed by atoms with Gasteiger partial charge in [-0.05, 0) is 65.4 Å². The van der Waals surface area contributed by atoms with Gasteiger partial charge in [-0.2, -0.15) is 0 Å². The number of benzene rings is 3. The molecule has 3 aliphatic rings. The smallest absolute Gasteiger partial charge is 0.231 e. The second-order valence-electron chi connectivity index (χ2n) is 8.91. The summed E-state index contributed by atoms with van der Waals surface area (Å²) in [5.74, 6) is 2.69. The Bertz CT molecular complexity index is 1330. The summed E-state index contributed by atoms with van der Waals surface area (Å²) in [6.45, 7) is 2.92. The average Bonchev–Trinajstić information content (AvgIpc) is 3.44. The number of fused-ring (bicyclic) bond motifs is 7. The second kappa shape index (κ2) is 7.04. The number of hydrogen-bond donors (Lipinski definition) is 1. The van der Waals surface area contributed by atoms with Gasteiger partial charge in [-0.1, -0.05) is 30.3 Å². The molecular formula is C27H24N2O3. The molecule has 4 aromatic rings. The first-order valence-electron chi connectivity index (χ1n) is 11.3. The lowest BCUT2D eigenvalue weighted by molar-refractivity contribution is 0.159. The van der Waals surface area contributed by atoms with Crippen molar-refractivity contribution in [1.82, 2.24) is 9.88 Å². The quantitative estimate of drug-likeness (QED) is 0.495. The van der Waals surface area contributed by atoms with Gasteiger partial charge in [-0.15, -0.1) is 0 Å². The molecule has 0 aliphatic carbocycles. The Kier molecular flexibility index (Phi) is 3.99. The van der Waals surface area contributed by atoms with Crippen molar-refractivity contribution in [2.24, 2.45) is 0 Å².